The Kier molecular flexibility index (Phi) is 5.20. The molecule has 0 bridgehead atoms. The van der Waals surface area contributed by atoms with Gasteiger partial charge >= 0.3 is 0 Å². The maximum atomic E-state index is 10.9. The molecular weight excluding hydrogens is 364 g/mol. The van der Waals surface area contributed by atoms with Gasteiger partial charge in [-0.15, -0.1) is 5.10 Å². The summed E-state index contributed by atoms with van der Waals surface area (Å²) in [6.45, 7) is 0. The van der Waals surface area contributed by atoms with Crippen LogP contribution >= 0.6 is 23.4 Å². The molecule has 0 amide bonds. The highest BCUT2D eigenvalue weighted by Gasteiger charge is 2.13. The molecule has 3 aromatic rings. The SMILES string of the molecule is COc1ccc([N+](=O)[O-])cc1CSc1n[nH]c(-c2ccc(Cl)cc2)n1. The van der Waals surface area contributed by atoms with E-state index in [1.165, 1.54) is 31.0 Å². The van der Waals surface area contributed by atoms with Gasteiger partial charge in [-0.2, -0.15) is 0 Å². The Balaban J connectivity index is 1.75. The van der Waals surface area contributed by atoms with Crippen molar-refractivity contribution in [2.24, 2.45) is 0 Å². The average molecular weight is 377 g/mol. The number of ether oxygens (including phenoxy) is 1. The lowest BCUT2D eigenvalue weighted by Gasteiger charge is -2.06. The van der Waals surface area contributed by atoms with E-state index in [4.69, 9.17) is 16.3 Å². The number of aromatic amines is 1. The first-order valence-corrected chi connectivity index (χ1v) is 8.55. The predicted molar refractivity (Wildman–Crippen MR) is 96.0 cm³/mol. The number of nitro benzene ring substituents is 1. The molecule has 0 radical (unpaired) electrons. The zero-order valence-electron chi connectivity index (χ0n) is 13.1. The van der Waals surface area contributed by atoms with Gasteiger partial charge in [0.15, 0.2) is 5.82 Å². The predicted octanol–water partition coefficient (Wildman–Crippen LogP) is 4.33. The molecule has 0 saturated carbocycles. The van der Waals surface area contributed by atoms with Gasteiger partial charge in [0.25, 0.3) is 5.69 Å². The highest BCUT2D eigenvalue weighted by Crippen LogP contribution is 2.30. The Morgan fingerprint density at radius 1 is 1.28 bits per heavy atom. The molecule has 9 heteroatoms. The Morgan fingerprint density at radius 2 is 2.04 bits per heavy atom. The van der Waals surface area contributed by atoms with Crippen molar-refractivity contribution in [2.45, 2.75) is 10.9 Å². The van der Waals surface area contributed by atoms with Crippen molar-refractivity contribution in [1.29, 1.82) is 0 Å². The summed E-state index contributed by atoms with van der Waals surface area (Å²) >= 11 is 7.24. The molecular formula is C16H13ClN4O3S. The number of aromatic nitrogens is 3. The number of nitrogens with zero attached hydrogens (tertiary/aromatic N) is 3. The van der Waals surface area contributed by atoms with Crippen LogP contribution in [0.4, 0.5) is 5.69 Å². The molecule has 128 valence electrons. The fourth-order valence-corrected chi connectivity index (χ4v) is 3.08. The molecule has 7 nitrogen and oxygen atoms in total. The van der Waals surface area contributed by atoms with Crippen molar-refractivity contribution in [3.05, 3.63) is 63.2 Å². The molecule has 0 unspecified atom stereocenters. The largest absolute Gasteiger partial charge is 0.496 e. The fraction of sp³-hybridized carbons (Fsp3) is 0.125. The monoisotopic (exact) mass is 376 g/mol. The standard InChI is InChI=1S/C16H13ClN4O3S/c1-24-14-7-6-13(21(22)23)8-11(14)9-25-16-18-15(19-20-16)10-2-4-12(17)5-3-10/h2-8H,9H2,1H3,(H,18,19,20). The van der Waals surface area contributed by atoms with Crippen molar-refractivity contribution < 1.29 is 9.66 Å². The van der Waals surface area contributed by atoms with Gasteiger partial charge in [-0.05, 0) is 30.3 Å². The first-order chi connectivity index (χ1) is 12.1. The van der Waals surface area contributed by atoms with Crippen LogP contribution in [0.25, 0.3) is 11.4 Å². The maximum Gasteiger partial charge on any atom is 0.270 e. The van der Waals surface area contributed by atoms with Gasteiger partial charge in [-0.25, -0.2) is 4.98 Å². The van der Waals surface area contributed by atoms with E-state index in [9.17, 15) is 10.1 Å². The second kappa shape index (κ2) is 7.54. The number of hydrogen-bond donors (Lipinski definition) is 1. The zero-order chi connectivity index (χ0) is 17.8. The summed E-state index contributed by atoms with van der Waals surface area (Å²) < 4.78 is 5.26. The molecule has 0 saturated heterocycles. The van der Waals surface area contributed by atoms with Crippen molar-refractivity contribution in [1.82, 2.24) is 15.2 Å². The van der Waals surface area contributed by atoms with E-state index < -0.39 is 4.92 Å². The van der Waals surface area contributed by atoms with E-state index in [2.05, 4.69) is 15.2 Å². The number of methoxy groups -OCH3 is 1. The molecule has 0 atom stereocenters. The summed E-state index contributed by atoms with van der Waals surface area (Å²) in [5.41, 5.74) is 1.60. The van der Waals surface area contributed by atoms with Gasteiger partial charge in [0.1, 0.15) is 5.75 Å². The zero-order valence-corrected chi connectivity index (χ0v) is 14.7. The number of thioether (sulfide) groups is 1. The van der Waals surface area contributed by atoms with Crippen molar-refractivity contribution in [3.63, 3.8) is 0 Å². The van der Waals surface area contributed by atoms with Crippen LogP contribution in [0.5, 0.6) is 5.75 Å². The number of nitrogens with one attached hydrogen (secondary N) is 1. The Labute approximate surface area is 152 Å². The minimum atomic E-state index is -0.432. The molecule has 25 heavy (non-hydrogen) atoms. The lowest BCUT2D eigenvalue weighted by molar-refractivity contribution is -0.384. The van der Waals surface area contributed by atoms with Gasteiger partial charge in [-0.1, -0.05) is 23.4 Å². The van der Waals surface area contributed by atoms with E-state index in [0.717, 1.165) is 5.56 Å². The van der Waals surface area contributed by atoms with E-state index in [1.54, 1.807) is 18.2 Å². The number of H-pyrrole nitrogens is 1. The Bertz CT molecular complexity index is 899. The number of rotatable bonds is 6. The van der Waals surface area contributed by atoms with Crippen molar-refractivity contribution in [2.75, 3.05) is 7.11 Å². The number of non-ortho nitro benzene ring substituents is 1. The molecule has 0 spiro atoms. The first kappa shape index (κ1) is 17.2. The molecule has 3 rings (SSSR count). The summed E-state index contributed by atoms with van der Waals surface area (Å²) in [6, 6.07) is 11.8. The normalized spacial score (nSPS) is 10.6. The van der Waals surface area contributed by atoms with Gasteiger partial charge in [0, 0.05) is 34.0 Å². The van der Waals surface area contributed by atoms with Crippen LogP contribution in [-0.2, 0) is 5.75 Å². The van der Waals surface area contributed by atoms with E-state index in [1.807, 2.05) is 12.1 Å². The van der Waals surface area contributed by atoms with Crippen LogP contribution in [0.3, 0.4) is 0 Å². The molecule has 1 N–H and O–H groups in total. The van der Waals surface area contributed by atoms with Crippen LogP contribution < -0.4 is 4.74 Å². The fourth-order valence-electron chi connectivity index (χ4n) is 2.18. The first-order valence-electron chi connectivity index (χ1n) is 7.19. The molecule has 1 heterocycles. The Morgan fingerprint density at radius 3 is 2.72 bits per heavy atom. The topological polar surface area (TPSA) is 93.9 Å². The van der Waals surface area contributed by atoms with Gasteiger partial charge in [0.2, 0.25) is 5.16 Å². The van der Waals surface area contributed by atoms with Crippen LogP contribution in [0.15, 0.2) is 47.6 Å². The minimum Gasteiger partial charge on any atom is -0.496 e. The van der Waals surface area contributed by atoms with Crippen LogP contribution in [0.1, 0.15) is 5.56 Å². The maximum absolute atomic E-state index is 10.9. The Hall–Kier alpha value is -2.58. The molecule has 0 fully saturated rings. The highest BCUT2D eigenvalue weighted by molar-refractivity contribution is 7.98. The number of halogens is 1. The average Bonchev–Trinajstić information content (AvgIpc) is 3.09. The van der Waals surface area contributed by atoms with Crippen molar-refractivity contribution in [3.8, 4) is 17.1 Å². The van der Waals surface area contributed by atoms with E-state index >= 15 is 0 Å². The summed E-state index contributed by atoms with van der Waals surface area (Å²) in [5.74, 6) is 1.67. The number of benzene rings is 2. The highest BCUT2D eigenvalue weighted by atomic mass is 35.5. The summed E-state index contributed by atoms with van der Waals surface area (Å²) in [7, 11) is 1.53. The molecule has 0 aliphatic rings. The van der Waals surface area contributed by atoms with Crippen LogP contribution in [-0.4, -0.2) is 27.2 Å². The van der Waals surface area contributed by atoms with Gasteiger partial charge in [-0.3, -0.25) is 15.2 Å². The van der Waals surface area contributed by atoms with Gasteiger partial charge < -0.3 is 4.74 Å². The van der Waals surface area contributed by atoms with Crippen LogP contribution in [0, 0.1) is 10.1 Å². The lowest BCUT2D eigenvalue weighted by atomic mass is 10.2. The minimum absolute atomic E-state index is 0.0215. The van der Waals surface area contributed by atoms with Gasteiger partial charge in [0.05, 0.1) is 12.0 Å². The smallest absolute Gasteiger partial charge is 0.270 e. The number of nitro groups is 1. The second-order valence-electron chi connectivity index (χ2n) is 5.02. The summed E-state index contributed by atoms with van der Waals surface area (Å²) in [5, 5.41) is 19.2. The third-order valence-corrected chi connectivity index (χ3v) is 4.56. The molecule has 1 aromatic heterocycles. The molecule has 0 aliphatic heterocycles. The molecule has 0 aliphatic carbocycles. The van der Waals surface area contributed by atoms with Crippen molar-refractivity contribution >= 4 is 29.1 Å². The lowest BCUT2D eigenvalue weighted by Crippen LogP contribution is -1.94. The second-order valence-corrected chi connectivity index (χ2v) is 6.39. The number of hydrogen-bond acceptors (Lipinski definition) is 6. The van der Waals surface area contributed by atoms with E-state index in [-0.39, 0.29) is 5.69 Å². The third kappa shape index (κ3) is 4.09. The summed E-state index contributed by atoms with van der Waals surface area (Å²) in [4.78, 5) is 14.9. The molecule has 2 aromatic carbocycles. The van der Waals surface area contributed by atoms with Crippen LogP contribution in [0.2, 0.25) is 5.02 Å². The third-order valence-electron chi connectivity index (χ3n) is 3.41. The quantitative estimate of drug-likeness (QED) is 0.391. The van der Waals surface area contributed by atoms with E-state index in [0.29, 0.717) is 33.1 Å². The summed E-state index contributed by atoms with van der Waals surface area (Å²) in [6.07, 6.45) is 0.